The van der Waals surface area contributed by atoms with E-state index < -0.39 is 11.1 Å². The van der Waals surface area contributed by atoms with Gasteiger partial charge in [-0.05, 0) is 31.3 Å². The Morgan fingerprint density at radius 2 is 2.09 bits per heavy atom. The van der Waals surface area contributed by atoms with Gasteiger partial charge >= 0.3 is 0 Å². The molecule has 0 aromatic carbocycles. The summed E-state index contributed by atoms with van der Waals surface area (Å²) in [5.74, 6) is 0.314. The Labute approximate surface area is 69.9 Å². The molecular weight excluding hydrogens is 162 g/mol. The van der Waals surface area contributed by atoms with E-state index in [-0.39, 0.29) is 5.41 Å². The molecular formula is C7H14NO2S-. The lowest BCUT2D eigenvalue weighted by molar-refractivity contribution is 0.260. The van der Waals surface area contributed by atoms with Crippen molar-refractivity contribution in [2.45, 2.75) is 19.8 Å². The fraction of sp³-hybridized carbons (Fsp3) is 1.00. The highest BCUT2D eigenvalue weighted by molar-refractivity contribution is 7.79. The lowest BCUT2D eigenvalue weighted by Gasteiger charge is -2.34. The quantitative estimate of drug-likeness (QED) is 0.614. The van der Waals surface area contributed by atoms with Gasteiger partial charge in [0.2, 0.25) is 0 Å². The van der Waals surface area contributed by atoms with Gasteiger partial charge < -0.3 is 9.87 Å². The molecule has 1 rings (SSSR count). The zero-order valence-corrected chi connectivity index (χ0v) is 7.58. The normalized spacial score (nSPS) is 26.4. The van der Waals surface area contributed by atoms with Gasteiger partial charge in [-0.15, -0.1) is 0 Å². The minimum absolute atomic E-state index is 0.0257. The molecule has 0 saturated carbocycles. The maximum absolute atomic E-state index is 10.5. The number of rotatable bonds is 2. The molecule has 0 aromatic heterocycles. The van der Waals surface area contributed by atoms with Crippen molar-refractivity contribution in [1.29, 1.82) is 0 Å². The topological polar surface area (TPSA) is 52.2 Å². The van der Waals surface area contributed by atoms with E-state index in [1.807, 2.05) is 6.92 Å². The van der Waals surface area contributed by atoms with E-state index in [0.717, 1.165) is 25.9 Å². The summed E-state index contributed by atoms with van der Waals surface area (Å²) < 4.78 is 20.9. The number of piperidine rings is 1. The van der Waals surface area contributed by atoms with Crippen molar-refractivity contribution < 1.29 is 8.76 Å². The lowest BCUT2D eigenvalue weighted by Crippen LogP contribution is -2.38. The van der Waals surface area contributed by atoms with Gasteiger partial charge in [0.1, 0.15) is 0 Å². The summed E-state index contributed by atoms with van der Waals surface area (Å²) in [6, 6.07) is 0. The molecule has 0 bridgehead atoms. The van der Waals surface area contributed by atoms with E-state index in [0.29, 0.717) is 5.75 Å². The second-order valence-electron chi connectivity index (χ2n) is 3.51. The molecule has 1 N–H and O–H groups in total. The fourth-order valence-corrected chi connectivity index (χ4v) is 2.32. The van der Waals surface area contributed by atoms with Crippen LogP contribution in [0, 0.1) is 5.41 Å². The van der Waals surface area contributed by atoms with E-state index in [4.69, 9.17) is 0 Å². The van der Waals surface area contributed by atoms with E-state index in [9.17, 15) is 8.76 Å². The van der Waals surface area contributed by atoms with Crippen molar-refractivity contribution in [3.8, 4) is 0 Å². The molecule has 1 heterocycles. The second-order valence-corrected chi connectivity index (χ2v) is 4.40. The van der Waals surface area contributed by atoms with Gasteiger partial charge in [-0.1, -0.05) is 18.0 Å². The summed E-state index contributed by atoms with van der Waals surface area (Å²) in [5, 5.41) is 3.21. The van der Waals surface area contributed by atoms with Crippen molar-refractivity contribution in [1.82, 2.24) is 5.32 Å². The number of hydrogen-bond acceptors (Lipinski definition) is 3. The van der Waals surface area contributed by atoms with E-state index in [1.54, 1.807) is 0 Å². The molecule has 1 saturated heterocycles. The highest BCUT2D eigenvalue weighted by Gasteiger charge is 2.26. The van der Waals surface area contributed by atoms with E-state index >= 15 is 0 Å². The van der Waals surface area contributed by atoms with Gasteiger partial charge in [0, 0.05) is 5.75 Å². The third-order valence-electron chi connectivity index (χ3n) is 2.28. The molecule has 0 amide bonds. The first-order valence-corrected chi connectivity index (χ1v) is 5.13. The summed E-state index contributed by atoms with van der Waals surface area (Å²) in [4.78, 5) is 0. The van der Waals surface area contributed by atoms with Crippen LogP contribution in [0.5, 0.6) is 0 Å². The van der Waals surface area contributed by atoms with Gasteiger partial charge in [0.25, 0.3) is 0 Å². The van der Waals surface area contributed by atoms with Crippen LogP contribution in [0.2, 0.25) is 0 Å². The molecule has 0 aromatic rings. The zero-order chi connectivity index (χ0) is 8.32. The van der Waals surface area contributed by atoms with Crippen molar-refractivity contribution in [2.75, 3.05) is 18.8 Å². The first-order valence-electron chi connectivity index (χ1n) is 3.89. The van der Waals surface area contributed by atoms with Gasteiger partial charge in [-0.25, -0.2) is 0 Å². The van der Waals surface area contributed by atoms with Gasteiger partial charge in [-0.2, -0.15) is 0 Å². The molecule has 11 heavy (non-hydrogen) atoms. The predicted octanol–water partition coefficient (Wildman–Crippen LogP) is 0.255. The summed E-state index contributed by atoms with van der Waals surface area (Å²) in [6.45, 7) is 3.95. The van der Waals surface area contributed by atoms with Crippen LogP contribution in [0.25, 0.3) is 0 Å². The second kappa shape index (κ2) is 3.65. The van der Waals surface area contributed by atoms with Crippen molar-refractivity contribution in [2.24, 2.45) is 5.41 Å². The molecule has 3 nitrogen and oxygen atoms in total. The number of hydrogen-bond donors (Lipinski definition) is 1. The van der Waals surface area contributed by atoms with Crippen LogP contribution in [0.15, 0.2) is 0 Å². The Morgan fingerprint density at radius 3 is 2.55 bits per heavy atom. The Morgan fingerprint density at radius 1 is 1.55 bits per heavy atom. The minimum atomic E-state index is -1.88. The summed E-state index contributed by atoms with van der Waals surface area (Å²) in [6.07, 6.45) is 1.95. The summed E-state index contributed by atoms with van der Waals surface area (Å²) in [7, 11) is 0. The van der Waals surface area contributed by atoms with Crippen LogP contribution < -0.4 is 5.32 Å². The largest absolute Gasteiger partial charge is 0.772 e. The highest BCUT2D eigenvalue weighted by Crippen LogP contribution is 2.28. The highest BCUT2D eigenvalue weighted by atomic mass is 32.2. The summed E-state index contributed by atoms with van der Waals surface area (Å²) in [5.41, 5.74) is 0.0257. The van der Waals surface area contributed by atoms with Crippen LogP contribution in [-0.2, 0) is 11.1 Å². The van der Waals surface area contributed by atoms with Gasteiger partial charge in [0.15, 0.2) is 0 Å². The van der Waals surface area contributed by atoms with Crippen LogP contribution >= 0.6 is 0 Å². The molecule has 0 aliphatic carbocycles. The predicted molar refractivity (Wildman–Crippen MR) is 44.0 cm³/mol. The molecule has 1 fully saturated rings. The van der Waals surface area contributed by atoms with Gasteiger partial charge in [-0.3, -0.25) is 4.21 Å². The standard InChI is InChI=1S/C7H15NO2S/c1-7(6-11(9)10)2-4-8-5-3-7/h8H,2-6H2,1H3,(H,9,10)/p-1. The first kappa shape index (κ1) is 9.16. The van der Waals surface area contributed by atoms with E-state index in [1.165, 1.54) is 0 Å². The average Bonchev–Trinajstić information content (AvgIpc) is 1.85. The molecule has 4 heteroatoms. The minimum Gasteiger partial charge on any atom is -0.772 e. The van der Waals surface area contributed by atoms with Crippen LogP contribution in [0.1, 0.15) is 19.8 Å². The Balaban J connectivity index is 2.43. The Bertz CT molecular complexity index is 155. The first-order chi connectivity index (χ1) is 5.12. The molecule has 0 radical (unpaired) electrons. The third kappa shape index (κ3) is 2.89. The SMILES string of the molecule is CC1(CS(=O)[O-])CCNCC1. The molecule has 66 valence electrons. The Hall–Kier alpha value is 0.0700. The molecule has 1 atom stereocenters. The Kier molecular flexibility index (Phi) is 3.04. The fourth-order valence-electron chi connectivity index (χ4n) is 1.46. The average molecular weight is 176 g/mol. The molecule has 1 unspecified atom stereocenters. The molecule has 0 spiro atoms. The zero-order valence-electron chi connectivity index (χ0n) is 6.76. The van der Waals surface area contributed by atoms with E-state index in [2.05, 4.69) is 5.32 Å². The third-order valence-corrected chi connectivity index (χ3v) is 3.21. The smallest absolute Gasteiger partial charge is 0.0156 e. The lowest BCUT2D eigenvalue weighted by atomic mass is 9.83. The van der Waals surface area contributed by atoms with Crippen LogP contribution in [0.3, 0.4) is 0 Å². The molecule has 1 aliphatic rings. The maximum atomic E-state index is 10.5. The van der Waals surface area contributed by atoms with Crippen LogP contribution in [-0.4, -0.2) is 27.6 Å². The van der Waals surface area contributed by atoms with Gasteiger partial charge in [0.05, 0.1) is 0 Å². The number of nitrogens with one attached hydrogen (secondary N) is 1. The van der Waals surface area contributed by atoms with Crippen molar-refractivity contribution in [3.05, 3.63) is 0 Å². The molecule has 1 aliphatic heterocycles. The van der Waals surface area contributed by atoms with Crippen LogP contribution in [0.4, 0.5) is 0 Å². The summed E-state index contributed by atoms with van der Waals surface area (Å²) >= 11 is -1.88. The monoisotopic (exact) mass is 176 g/mol. The van der Waals surface area contributed by atoms with Crippen molar-refractivity contribution in [3.63, 3.8) is 0 Å². The van der Waals surface area contributed by atoms with Crippen molar-refractivity contribution >= 4 is 11.1 Å². The maximum Gasteiger partial charge on any atom is 0.0156 e.